The molecule has 1 N–H and O–H groups in total. The number of hydrogen-bond donors (Lipinski definition) is 1. The summed E-state index contributed by atoms with van der Waals surface area (Å²) in [6, 6.07) is 6.77. The van der Waals surface area contributed by atoms with Crippen LogP contribution < -0.4 is 10.1 Å². The van der Waals surface area contributed by atoms with Gasteiger partial charge >= 0.3 is 0 Å². The van der Waals surface area contributed by atoms with Gasteiger partial charge in [0, 0.05) is 10.5 Å². The molecule has 3 heteroatoms. The smallest absolute Gasteiger partial charge is 0.120 e. The van der Waals surface area contributed by atoms with Crippen LogP contribution in [0, 0.1) is 11.8 Å². The van der Waals surface area contributed by atoms with E-state index >= 15 is 0 Å². The fourth-order valence-electron chi connectivity index (χ4n) is 3.27. The zero-order valence-electron chi connectivity index (χ0n) is 12.1. The quantitative estimate of drug-likeness (QED) is 0.857. The van der Waals surface area contributed by atoms with Gasteiger partial charge in [0.1, 0.15) is 5.75 Å². The summed E-state index contributed by atoms with van der Waals surface area (Å²) in [4.78, 5) is 0. The highest BCUT2D eigenvalue weighted by molar-refractivity contribution is 9.10. The van der Waals surface area contributed by atoms with Crippen LogP contribution in [-0.4, -0.2) is 13.7 Å². The van der Waals surface area contributed by atoms with Gasteiger partial charge in [-0.15, -0.1) is 0 Å². The van der Waals surface area contributed by atoms with E-state index < -0.39 is 0 Å². The maximum absolute atomic E-state index is 5.29. The van der Waals surface area contributed by atoms with Crippen molar-refractivity contribution in [2.24, 2.45) is 11.8 Å². The maximum atomic E-state index is 5.29. The number of hydrogen-bond acceptors (Lipinski definition) is 2. The Kier molecular flexibility index (Phi) is 5.28. The van der Waals surface area contributed by atoms with Gasteiger partial charge in [0.05, 0.1) is 7.11 Å². The van der Waals surface area contributed by atoms with Crippen LogP contribution in [0.2, 0.25) is 0 Å². The summed E-state index contributed by atoms with van der Waals surface area (Å²) >= 11 is 3.71. The number of methoxy groups -OCH3 is 1. The minimum absolute atomic E-state index is 0.447. The summed E-state index contributed by atoms with van der Waals surface area (Å²) in [5, 5.41) is 3.68. The van der Waals surface area contributed by atoms with Gasteiger partial charge in [-0.05, 0) is 42.5 Å². The third-order valence-electron chi connectivity index (χ3n) is 4.32. The van der Waals surface area contributed by atoms with Gasteiger partial charge in [-0.3, -0.25) is 0 Å². The molecule has 1 fully saturated rings. The molecule has 1 aliphatic rings. The molecule has 1 aromatic carbocycles. The zero-order valence-corrected chi connectivity index (χ0v) is 13.7. The summed E-state index contributed by atoms with van der Waals surface area (Å²) < 4.78 is 6.44. The van der Waals surface area contributed by atoms with Gasteiger partial charge in [0.2, 0.25) is 0 Å². The van der Waals surface area contributed by atoms with E-state index in [1.165, 1.54) is 24.8 Å². The summed E-state index contributed by atoms with van der Waals surface area (Å²) in [6.45, 7) is 5.58. The van der Waals surface area contributed by atoms with Crippen LogP contribution in [0.1, 0.15) is 44.7 Å². The molecule has 0 radical (unpaired) electrons. The SMILES string of the molecule is CCNC(c1ccc(OC)cc1Br)C1CCCC1C. The van der Waals surface area contributed by atoms with Crippen molar-refractivity contribution in [1.29, 1.82) is 0 Å². The highest BCUT2D eigenvalue weighted by Gasteiger charge is 2.32. The van der Waals surface area contributed by atoms with Crippen molar-refractivity contribution in [3.8, 4) is 5.75 Å². The predicted molar refractivity (Wildman–Crippen MR) is 83.6 cm³/mol. The van der Waals surface area contributed by atoms with Gasteiger partial charge in [-0.2, -0.15) is 0 Å². The number of halogens is 1. The summed E-state index contributed by atoms with van der Waals surface area (Å²) in [5.74, 6) is 2.45. The molecule has 0 heterocycles. The molecule has 19 heavy (non-hydrogen) atoms. The van der Waals surface area contributed by atoms with Gasteiger partial charge in [0.25, 0.3) is 0 Å². The summed E-state index contributed by atoms with van der Waals surface area (Å²) in [6.07, 6.45) is 4.05. The second kappa shape index (κ2) is 6.76. The van der Waals surface area contributed by atoms with E-state index in [0.717, 1.165) is 28.6 Å². The molecule has 0 bridgehead atoms. The highest BCUT2D eigenvalue weighted by atomic mass is 79.9. The molecule has 106 valence electrons. The minimum Gasteiger partial charge on any atom is -0.497 e. The van der Waals surface area contributed by atoms with E-state index in [2.05, 4.69) is 53.3 Å². The molecule has 0 aliphatic heterocycles. The molecule has 3 unspecified atom stereocenters. The van der Waals surface area contributed by atoms with Crippen molar-refractivity contribution >= 4 is 15.9 Å². The molecule has 1 saturated carbocycles. The van der Waals surface area contributed by atoms with E-state index in [-0.39, 0.29) is 0 Å². The molecule has 3 atom stereocenters. The Balaban J connectivity index is 2.28. The molecule has 2 rings (SSSR count). The molecule has 0 aromatic heterocycles. The van der Waals surface area contributed by atoms with Crippen LogP contribution in [0.25, 0.3) is 0 Å². The average molecular weight is 326 g/mol. The first-order valence-corrected chi connectivity index (χ1v) is 8.03. The van der Waals surface area contributed by atoms with Gasteiger partial charge in [-0.1, -0.05) is 48.7 Å². The van der Waals surface area contributed by atoms with E-state index in [4.69, 9.17) is 4.74 Å². The lowest BCUT2D eigenvalue weighted by atomic mass is 9.86. The Bertz CT molecular complexity index is 421. The van der Waals surface area contributed by atoms with Crippen molar-refractivity contribution in [3.63, 3.8) is 0 Å². The van der Waals surface area contributed by atoms with Crippen LogP contribution >= 0.6 is 15.9 Å². The van der Waals surface area contributed by atoms with Crippen molar-refractivity contribution in [3.05, 3.63) is 28.2 Å². The first kappa shape index (κ1) is 14.9. The monoisotopic (exact) mass is 325 g/mol. The van der Waals surface area contributed by atoms with Crippen LogP contribution in [0.4, 0.5) is 0 Å². The van der Waals surface area contributed by atoms with Gasteiger partial charge in [-0.25, -0.2) is 0 Å². The Morgan fingerprint density at radius 2 is 2.21 bits per heavy atom. The Morgan fingerprint density at radius 1 is 1.42 bits per heavy atom. The summed E-state index contributed by atoms with van der Waals surface area (Å²) in [7, 11) is 1.71. The molecule has 0 saturated heterocycles. The van der Waals surface area contributed by atoms with Crippen molar-refractivity contribution < 1.29 is 4.74 Å². The average Bonchev–Trinajstić information content (AvgIpc) is 2.82. The van der Waals surface area contributed by atoms with Crippen molar-refractivity contribution in [2.75, 3.05) is 13.7 Å². The minimum atomic E-state index is 0.447. The highest BCUT2D eigenvalue weighted by Crippen LogP contribution is 2.42. The second-order valence-electron chi connectivity index (χ2n) is 5.49. The largest absolute Gasteiger partial charge is 0.497 e. The fraction of sp³-hybridized carbons (Fsp3) is 0.625. The summed E-state index contributed by atoms with van der Waals surface area (Å²) in [5.41, 5.74) is 1.36. The predicted octanol–water partition coefficient (Wildman–Crippen LogP) is 4.54. The standard InChI is InChI=1S/C16H24BrNO/c1-4-18-16(13-7-5-6-11(13)2)14-9-8-12(19-3)10-15(14)17/h8-11,13,16,18H,4-7H2,1-3H3. The number of nitrogens with one attached hydrogen (secondary N) is 1. The number of rotatable bonds is 5. The van der Waals surface area contributed by atoms with Gasteiger partial charge < -0.3 is 10.1 Å². The van der Waals surface area contributed by atoms with Gasteiger partial charge in [0.15, 0.2) is 0 Å². The number of benzene rings is 1. The normalized spacial score (nSPS) is 24.4. The Hall–Kier alpha value is -0.540. The lowest BCUT2D eigenvalue weighted by Crippen LogP contribution is -2.30. The molecule has 1 aliphatic carbocycles. The number of ether oxygens (including phenoxy) is 1. The third kappa shape index (κ3) is 3.32. The lowest BCUT2D eigenvalue weighted by molar-refractivity contribution is 0.304. The molecular formula is C16H24BrNO. The van der Waals surface area contributed by atoms with E-state index in [9.17, 15) is 0 Å². The van der Waals surface area contributed by atoms with E-state index in [0.29, 0.717) is 6.04 Å². The molecule has 1 aromatic rings. The van der Waals surface area contributed by atoms with Crippen molar-refractivity contribution in [1.82, 2.24) is 5.32 Å². The topological polar surface area (TPSA) is 21.3 Å². The van der Waals surface area contributed by atoms with Crippen LogP contribution in [0.3, 0.4) is 0 Å². The van der Waals surface area contributed by atoms with Crippen LogP contribution in [0.5, 0.6) is 5.75 Å². The van der Waals surface area contributed by atoms with Crippen LogP contribution in [0.15, 0.2) is 22.7 Å². The molecule has 0 amide bonds. The first-order chi connectivity index (χ1) is 9.17. The lowest BCUT2D eigenvalue weighted by Gasteiger charge is -2.29. The molecular weight excluding hydrogens is 302 g/mol. The third-order valence-corrected chi connectivity index (χ3v) is 5.01. The van der Waals surface area contributed by atoms with E-state index in [1.54, 1.807) is 7.11 Å². The maximum Gasteiger partial charge on any atom is 0.120 e. The fourth-order valence-corrected chi connectivity index (χ4v) is 3.87. The van der Waals surface area contributed by atoms with Crippen LogP contribution in [-0.2, 0) is 0 Å². The molecule has 2 nitrogen and oxygen atoms in total. The van der Waals surface area contributed by atoms with E-state index in [1.807, 2.05) is 0 Å². The first-order valence-electron chi connectivity index (χ1n) is 7.24. The molecule has 0 spiro atoms. The van der Waals surface area contributed by atoms with Crippen molar-refractivity contribution in [2.45, 2.75) is 39.2 Å². The second-order valence-corrected chi connectivity index (χ2v) is 6.35. The Morgan fingerprint density at radius 3 is 2.74 bits per heavy atom. The zero-order chi connectivity index (χ0) is 13.8. The Labute approximate surface area is 125 Å².